The van der Waals surface area contributed by atoms with Gasteiger partial charge in [0.2, 0.25) is 0 Å². The first kappa shape index (κ1) is 12.9. The average Bonchev–Trinajstić information content (AvgIpc) is 2.46. The maximum absolute atomic E-state index is 11.2. The van der Waals surface area contributed by atoms with Crippen molar-refractivity contribution in [1.82, 2.24) is 10.4 Å². The van der Waals surface area contributed by atoms with E-state index in [0.717, 1.165) is 5.56 Å². The molecule has 0 atom stereocenters. The van der Waals surface area contributed by atoms with Crippen LogP contribution in [0.25, 0.3) is 5.70 Å². The largest absolute Gasteiger partial charge is 0.297 e. The van der Waals surface area contributed by atoms with Crippen LogP contribution in [0.1, 0.15) is 12.5 Å². The number of benzene rings is 1. The van der Waals surface area contributed by atoms with Crippen LogP contribution in [0.4, 0.5) is 0 Å². The summed E-state index contributed by atoms with van der Waals surface area (Å²) in [6.45, 7) is 6.22. The number of hydrogen-bond donors (Lipinski definition) is 1. The number of allylic oxidation sites excluding steroid dienone is 1. The number of rotatable bonds is 4. The van der Waals surface area contributed by atoms with Crippen LogP contribution in [0.5, 0.6) is 0 Å². The van der Waals surface area contributed by atoms with E-state index >= 15 is 0 Å². The van der Waals surface area contributed by atoms with Crippen LogP contribution < -0.4 is 5.43 Å². The predicted octanol–water partition coefficient (Wildman–Crippen LogP) is 2.54. The van der Waals surface area contributed by atoms with Crippen LogP contribution >= 0.6 is 0 Å². The Balaban J connectivity index is 2.57. The monoisotopic (exact) mass is 257 g/mol. The quantitative estimate of drug-likeness (QED) is 0.665. The molecule has 1 aliphatic rings. The number of nitro groups is 1. The molecule has 0 unspecified atom stereocenters. The van der Waals surface area contributed by atoms with Crippen molar-refractivity contribution in [2.24, 2.45) is 0 Å². The van der Waals surface area contributed by atoms with Gasteiger partial charge in [-0.2, -0.15) is 0 Å². The van der Waals surface area contributed by atoms with E-state index in [1.165, 1.54) is 12.3 Å². The minimum atomic E-state index is -0.385. The number of nitrogens with zero attached hydrogens (tertiary/aromatic N) is 2. The molecule has 0 aliphatic carbocycles. The zero-order chi connectivity index (χ0) is 13.8. The van der Waals surface area contributed by atoms with Gasteiger partial charge in [-0.1, -0.05) is 43.0 Å². The minimum absolute atomic E-state index is 0.0504. The van der Waals surface area contributed by atoms with Gasteiger partial charge >= 0.3 is 0 Å². The summed E-state index contributed by atoms with van der Waals surface area (Å²) in [6, 6.07) is 9.50. The van der Waals surface area contributed by atoms with Crippen molar-refractivity contribution in [1.29, 1.82) is 0 Å². The third-order valence-electron chi connectivity index (χ3n) is 2.88. The lowest BCUT2D eigenvalue weighted by Gasteiger charge is -2.27. The Morgan fingerprint density at radius 2 is 2.11 bits per heavy atom. The summed E-state index contributed by atoms with van der Waals surface area (Å²) >= 11 is 0. The summed E-state index contributed by atoms with van der Waals surface area (Å²) in [5, 5.41) is 12.9. The molecule has 1 aliphatic heterocycles. The molecule has 5 heteroatoms. The molecule has 98 valence electrons. The molecule has 2 rings (SSSR count). The van der Waals surface area contributed by atoms with E-state index in [0.29, 0.717) is 17.8 Å². The number of hydrazine groups is 1. The summed E-state index contributed by atoms with van der Waals surface area (Å²) in [7, 11) is 0. The molecule has 1 heterocycles. The zero-order valence-electron chi connectivity index (χ0n) is 10.7. The van der Waals surface area contributed by atoms with Gasteiger partial charge < -0.3 is 0 Å². The third kappa shape index (κ3) is 2.49. The number of nitrogens with one attached hydrogen (secondary N) is 1. The first-order valence-electron chi connectivity index (χ1n) is 5.99. The molecule has 0 saturated carbocycles. The number of hydrogen-bond acceptors (Lipinski definition) is 4. The molecular formula is C14H15N3O2. The predicted molar refractivity (Wildman–Crippen MR) is 74.2 cm³/mol. The van der Waals surface area contributed by atoms with Crippen molar-refractivity contribution < 1.29 is 4.92 Å². The highest BCUT2D eigenvalue weighted by atomic mass is 16.6. The van der Waals surface area contributed by atoms with Gasteiger partial charge in [0.1, 0.15) is 0 Å². The minimum Gasteiger partial charge on any atom is -0.297 e. The molecule has 0 aromatic heterocycles. The smallest absolute Gasteiger partial charge is 0.296 e. The Labute approximate surface area is 111 Å². The van der Waals surface area contributed by atoms with Gasteiger partial charge in [-0.15, -0.1) is 0 Å². The highest BCUT2D eigenvalue weighted by Gasteiger charge is 2.26. The molecule has 0 fully saturated rings. The Morgan fingerprint density at radius 1 is 1.42 bits per heavy atom. The first-order valence-corrected chi connectivity index (χ1v) is 5.99. The van der Waals surface area contributed by atoms with Crippen molar-refractivity contribution in [2.75, 3.05) is 6.54 Å². The summed E-state index contributed by atoms with van der Waals surface area (Å²) in [5.74, 6) is 0. The summed E-state index contributed by atoms with van der Waals surface area (Å²) in [5.41, 5.74) is 5.31. The SMILES string of the molecule is C=CC1=C(c2ccccc2)NN(CC)C=C1[N+](=O)[O-]. The second-order valence-electron chi connectivity index (χ2n) is 4.03. The van der Waals surface area contributed by atoms with Crippen LogP contribution in [0.3, 0.4) is 0 Å². The van der Waals surface area contributed by atoms with Gasteiger partial charge in [0.25, 0.3) is 5.70 Å². The highest BCUT2D eigenvalue weighted by molar-refractivity contribution is 5.73. The summed E-state index contributed by atoms with van der Waals surface area (Å²) in [6.07, 6.45) is 3.00. The Bertz CT molecular complexity index is 561. The Kier molecular flexibility index (Phi) is 3.66. The second kappa shape index (κ2) is 5.39. The average molecular weight is 257 g/mol. The normalized spacial score (nSPS) is 14.8. The van der Waals surface area contributed by atoms with Gasteiger partial charge in [0.15, 0.2) is 0 Å². The van der Waals surface area contributed by atoms with E-state index in [1.54, 1.807) is 5.01 Å². The lowest BCUT2D eigenvalue weighted by Crippen LogP contribution is -2.36. The standard InChI is InChI=1S/C14H15N3O2/c1-3-12-13(17(18)19)10-16(4-2)15-14(12)11-8-6-5-7-9-11/h3,5-10,15H,1,4H2,2H3. The maximum Gasteiger partial charge on any atom is 0.296 e. The first-order chi connectivity index (χ1) is 9.17. The molecule has 19 heavy (non-hydrogen) atoms. The van der Waals surface area contributed by atoms with E-state index in [1.807, 2.05) is 37.3 Å². The highest BCUT2D eigenvalue weighted by Crippen LogP contribution is 2.27. The molecule has 1 N–H and O–H groups in total. The van der Waals surface area contributed by atoms with E-state index in [9.17, 15) is 10.1 Å². The maximum atomic E-state index is 11.2. The molecule has 0 bridgehead atoms. The molecule has 0 saturated heterocycles. The summed E-state index contributed by atoms with van der Waals surface area (Å²) in [4.78, 5) is 10.8. The molecule has 1 aromatic carbocycles. The zero-order valence-corrected chi connectivity index (χ0v) is 10.7. The van der Waals surface area contributed by atoms with Crippen molar-refractivity contribution in [3.8, 4) is 0 Å². The lowest BCUT2D eigenvalue weighted by molar-refractivity contribution is -0.421. The van der Waals surface area contributed by atoms with Crippen LogP contribution in [-0.2, 0) is 0 Å². The molecule has 5 nitrogen and oxygen atoms in total. The van der Waals surface area contributed by atoms with E-state index in [4.69, 9.17) is 0 Å². The van der Waals surface area contributed by atoms with E-state index in [2.05, 4.69) is 12.0 Å². The van der Waals surface area contributed by atoms with Crippen LogP contribution in [0.2, 0.25) is 0 Å². The molecular weight excluding hydrogens is 242 g/mol. The molecule has 0 amide bonds. The second-order valence-corrected chi connectivity index (χ2v) is 4.03. The van der Waals surface area contributed by atoms with Crippen molar-refractivity contribution in [2.45, 2.75) is 6.92 Å². The van der Waals surface area contributed by atoms with Crippen molar-refractivity contribution in [3.05, 3.63) is 76.1 Å². The van der Waals surface area contributed by atoms with Gasteiger partial charge in [-0.25, -0.2) is 0 Å². The van der Waals surface area contributed by atoms with Gasteiger partial charge in [-0.3, -0.25) is 20.5 Å². The van der Waals surface area contributed by atoms with Crippen LogP contribution in [0, 0.1) is 10.1 Å². The fraction of sp³-hybridized carbons (Fsp3) is 0.143. The van der Waals surface area contributed by atoms with Crippen molar-refractivity contribution >= 4 is 5.70 Å². The third-order valence-corrected chi connectivity index (χ3v) is 2.88. The topological polar surface area (TPSA) is 58.4 Å². The fourth-order valence-electron chi connectivity index (χ4n) is 1.93. The van der Waals surface area contributed by atoms with Gasteiger partial charge in [0, 0.05) is 12.1 Å². The molecule has 1 aromatic rings. The molecule has 0 spiro atoms. The van der Waals surface area contributed by atoms with E-state index in [-0.39, 0.29) is 10.6 Å². The Hall–Kier alpha value is -2.56. The lowest BCUT2D eigenvalue weighted by atomic mass is 10.0. The van der Waals surface area contributed by atoms with Crippen LogP contribution in [-0.4, -0.2) is 16.5 Å². The Morgan fingerprint density at radius 3 is 2.63 bits per heavy atom. The van der Waals surface area contributed by atoms with E-state index < -0.39 is 0 Å². The van der Waals surface area contributed by atoms with Gasteiger partial charge in [-0.05, 0) is 6.92 Å². The fourth-order valence-corrected chi connectivity index (χ4v) is 1.93. The van der Waals surface area contributed by atoms with Gasteiger partial charge in [0.05, 0.1) is 22.4 Å². The summed E-state index contributed by atoms with van der Waals surface area (Å²) < 4.78 is 0. The van der Waals surface area contributed by atoms with Crippen LogP contribution in [0.15, 0.2) is 60.5 Å². The molecule has 0 radical (unpaired) electrons. The van der Waals surface area contributed by atoms with Crippen molar-refractivity contribution in [3.63, 3.8) is 0 Å².